The molecule has 4 atom stereocenters. The van der Waals surface area contributed by atoms with Crippen LogP contribution in [0.25, 0.3) is 0 Å². The van der Waals surface area contributed by atoms with E-state index in [1.165, 1.54) is 25.7 Å². The van der Waals surface area contributed by atoms with Crippen LogP contribution in [0, 0.1) is 17.8 Å². The molecule has 0 N–H and O–H groups in total. The highest BCUT2D eigenvalue weighted by atomic mass is 35.5. The molecule has 0 aromatic rings. The minimum atomic E-state index is -2.78. The van der Waals surface area contributed by atoms with Gasteiger partial charge in [0.25, 0.3) is 0 Å². The van der Waals surface area contributed by atoms with Gasteiger partial charge >= 0.3 is 0 Å². The molecule has 2 nitrogen and oxygen atoms in total. The van der Waals surface area contributed by atoms with Gasteiger partial charge in [-0.2, -0.15) is 0 Å². The summed E-state index contributed by atoms with van der Waals surface area (Å²) in [5.41, 5.74) is 0. The fourth-order valence-corrected chi connectivity index (χ4v) is 5.63. The van der Waals surface area contributed by atoms with Gasteiger partial charge in [-0.15, -0.1) is 11.6 Å². The summed E-state index contributed by atoms with van der Waals surface area (Å²) in [7, 11) is -2.78. The smallest absolute Gasteiger partial charge is 0.150 e. The van der Waals surface area contributed by atoms with Gasteiger partial charge in [-0.3, -0.25) is 0 Å². The maximum Gasteiger partial charge on any atom is 0.150 e. The van der Waals surface area contributed by atoms with Crippen LogP contribution in [0.5, 0.6) is 0 Å². The van der Waals surface area contributed by atoms with Crippen LogP contribution >= 0.6 is 11.6 Å². The Morgan fingerprint density at radius 2 is 1.94 bits per heavy atom. The van der Waals surface area contributed by atoms with E-state index < -0.39 is 9.84 Å². The number of rotatable bonds is 2. The van der Waals surface area contributed by atoms with Crippen LogP contribution < -0.4 is 0 Å². The zero-order chi connectivity index (χ0) is 11.8. The van der Waals surface area contributed by atoms with E-state index in [9.17, 15) is 8.42 Å². The lowest BCUT2D eigenvalue weighted by Crippen LogP contribution is -2.29. The molecule has 0 aromatic carbocycles. The van der Waals surface area contributed by atoms with Crippen molar-refractivity contribution in [3.8, 4) is 0 Å². The fourth-order valence-electron chi connectivity index (χ4n) is 3.23. The van der Waals surface area contributed by atoms with Crippen LogP contribution in [-0.4, -0.2) is 25.3 Å². The molecule has 0 radical (unpaired) electrons. The third kappa shape index (κ3) is 2.92. The first-order valence-electron chi connectivity index (χ1n) is 6.32. The summed E-state index contributed by atoms with van der Waals surface area (Å²) < 4.78 is 22.9. The van der Waals surface area contributed by atoms with Crippen LogP contribution in [0.1, 0.15) is 39.0 Å². The van der Waals surface area contributed by atoms with Gasteiger partial charge in [0.15, 0.2) is 9.84 Å². The second-order valence-corrected chi connectivity index (χ2v) is 8.37. The summed E-state index contributed by atoms with van der Waals surface area (Å²) in [6, 6.07) is 0. The Kier molecular flexibility index (Phi) is 3.85. The van der Waals surface area contributed by atoms with Crippen molar-refractivity contribution < 1.29 is 8.42 Å². The first-order valence-corrected chi connectivity index (χ1v) is 8.58. The molecule has 1 saturated carbocycles. The summed E-state index contributed by atoms with van der Waals surface area (Å²) in [4.78, 5) is 0. The molecule has 2 rings (SSSR count). The van der Waals surface area contributed by atoms with Gasteiger partial charge in [0.1, 0.15) is 0 Å². The molecule has 1 heterocycles. The maximum atomic E-state index is 11.4. The van der Waals surface area contributed by atoms with Crippen molar-refractivity contribution in [1.82, 2.24) is 0 Å². The molecular weight excluding hydrogens is 244 g/mol. The Bertz CT molecular complexity index is 339. The molecule has 1 saturated heterocycles. The van der Waals surface area contributed by atoms with Gasteiger partial charge in [0, 0.05) is 5.38 Å². The average molecular weight is 265 g/mol. The van der Waals surface area contributed by atoms with Crippen LogP contribution in [0.2, 0.25) is 0 Å². The van der Waals surface area contributed by atoms with E-state index in [0.717, 1.165) is 12.3 Å². The van der Waals surface area contributed by atoms with Crippen molar-refractivity contribution >= 4 is 21.4 Å². The van der Waals surface area contributed by atoms with Gasteiger partial charge in [0.05, 0.1) is 11.5 Å². The minimum Gasteiger partial charge on any atom is -0.229 e. The van der Waals surface area contributed by atoms with E-state index in [1.807, 2.05) is 0 Å². The standard InChI is InChI=1S/C12H21ClO2S/c1-9-3-2-4-10(7-9)12(13)11-5-6-16(14,15)8-11/h9-12H,2-8H2,1H3. The number of hydrogen-bond donors (Lipinski definition) is 0. The van der Waals surface area contributed by atoms with E-state index in [-0.39, 0.29) is 11.3 Å². The van der Waals surface area contributed by atoms with Crippen molar-refractivity contribution in [1.29, 1.82) is 0 Å². The highest BCUT2D eigenvalue weighted by Crippen LogP contribution is 2.38. The van der Waals surface area contributed by atoms with Crippen LogP contribution in [0.15, 0.2) is 0 Å². The Balaban J connectivity index is 1.94. The average Bonchev–Trinajstić information content (AvgIpc) is 2.58. The molecule has 2 aliphatic rings. The molecule has 4 unspecified atom stereocenters. The van der Waals surface area contributed by atoms with Crippen molar-refractivity contribution in [3.63, 3.8) is 0 Å². The van der Waals surface area contributed by atoms with Crippen molar-refractivity contribution in [2.45, 2.75) is 44.4 Å². The third-order valence-corrected chi connectivity index (χ3v) is 6.65. The normalized spacial score (nSPS) is 40.8. The molecule has 94 valence electrons. The zero-order valence-corrected chi connectivity index (χ0v) is 11.4. The molecule has 16 heavy (non-hydrogen) atoms. The van der Waals surface area contributed by atoms with Gasteiger partial charge in [-0.1, -0.05) is 19.8 Å². The molecule has 1 aliphatic heterocycles. The zero-order valence-electron chi connectivity index (χ0n) is 9.86. The summed E-state index contributed by atoms with van der Waals surface area (Å²) in [5.74, 6) is 2.19. The molecule has 0 amide bonds. The second kappa shape index (κ2) is 4.85. The lowest BCUT2D eigenvalue weighted by atomic mass is 9.77. The van der Waals surface area contributed by atoms with Gasteiger partial charge in [-0.25, -0.2) is 8.42 Å². The number of halogens is 1. The molecule has 1 aliphatic carbocycles. The van der Waals surface area contributed by atoms with Gasteiger partial charge in [0.2, 0.25) is 0 Å². The summed E-state index contributed by atoms with van der Waals surface area (Å²) >= 11 is 6.49. The first-order chi connectivity index (χ1) is 7.48. The molecule has 0 aromatic heterocycles. The summed E-state index contributed by atoms with van der Waals surface area (Å²) in [5, 5.41) is 0.0834. The summed E-state index contributed by atoms with van der Waals surface area (Å²) in [6.07, 6.45) is 5.72. The van der Waals surface area contributed by atoms with Crippen molar-refractivity contribution in [2.75, 3.05) is 11.5 Å². The highest BCUT2D eigenvalue weighted by molar-refractivity contribution is 7.91. The predicted octanol–water partition coefficient (Wildman–Crippen LogP) is 2.85. The third-order valence-electron chi connectivity index (χ3n) is 4.15. The van der Waals surface area contributed by atoms with Crippen LogP contribution in [0.3, 0.4) is 0 Å². The number of sulfone groups is 1. The van der Waals surface area contributed by atoms with Crippen LogP contribution in [-0.2, 0) is 9.84 Å². The lowest BCUT2D eigenvalue weighted by molar-refractivity contribution is 0.250. The van der Waals surface area contributed by atoms with E-state index in [4.69, 9.17) is 11.6 Å². The molecular formula is C12H21ClO2S. The van der Waals surface area contributed by atoms with Crippen molar-refractivity contribution in [2.24, 2.45) is 17.8 Å². The largest absolute Gasteiger partial charge is 0.229 e. The summed E-state index contributed by atoms with van der Waals surface area (Å²) in [6.45, 7) is 2.28. The van der Waals surface area contributed by atoms with Crippen molar-refractivity contribution in [3.05, 3.63) is 0 Å². The number of hydrogen-bond acceptors (Lipinski definition) is 2. The number of alkyl halides is 1. The van der Waals surface area contributed by atoms with Gasteiger partial charge in [-0.05, 0) is 37.0 Å². The van der Waals surface area contributed by atoms with E-state index in [1.54, 1.807) is 0 Å². The molecule has 4 heteroatoms. The van der Waals surface area contributed by atoms with Crippen LogP contribution in [0.4, 0.5) is 0 Å². The molecule has 0 spiro atoms. The van der Waals surface area contributed by atoms with E-state index in [2.05, 4.69) is 6.92 Å². The first kappa shape index (κ1) is 12.7. The van der Waals surface area contributed by atoms with E-state index >= 15 is 0 Å². The maximum absolute atomic E-state index is 11.4. The monoisotopic (exact) mass is 264 g/mol. The molecule has 0 bridgehead atoms. The Labute approximate surface area is 104 Å². The molecule has 2 fully saturated rings. The second-order valence-electron chi connectivity index (χ2n) is 5.64. The topological polar surface area (TPSA) is 34.1 Å². The minimum absolute atomic E-state index is 0.0834. The Morgan fingerprint density at radius 3 is 2.50 bits per heavy atom. The highest BCUT2D eigenvalue weighted by Gasteiger charge is 2.37. The predicted molar refractivity (Wildman–Crippen MR) is 67.5 cm³/mol. The SMILES string of the molecule is CC1CCCC(C(Cl)C2CCS(=O)(=O)C2)C1. The Morgan fingerprint density at radius 1 is 1.19 bits per heavy atom. The fraction of sp³-hybridized carbons (Fsp3) is 1.00. The quantitative estimate of drug-likeness (QED) is 0.719. The van der Waals surface area contributed by atoms with E-state index in [0.29, 0.717) is 17.4 Å². The Hall–Kier alpha value is 0.240. The lowest BCUT2D eigenvalue weighted by Gasteiger charge is -2.32. The van der Waals surface area contributed by atoms with Gasteiger partial charge < -0.3 is 0 Å².